The highest BCUT2D eigenvalue weighted by Gasteiger charge is 2.28. The summed E-state index contributed by atoms with van der Waals surface area (Å²) < 4.78 is 5.39. The van der Waals surface area contributed by atoms with Gasteiger partial charge in [-0.25, -0.2) is 4.79 Å². The van der Waals surface area contributed by atoms with Gasteiger partial charge in [-0.2, -0.15) is 0 Å². The maximum Gasteiger partial charge on any atom is 0.407 e. The lowest BCUT2D eigenvalue weighted by molar-refractivity contribution is -0.126. The molecule has 7 heteroatoms. The maximum absolute atomic E-state index is 12.6. The largest absolute Gasteiger partial charge is 0.444 e. The maximum atomic E-state index is 12.6. The van der Waals surface area contributed by atoms with E-state index in [9.17, 15) is 14.7 Å². The molecule has 7 nitrogen and oxygen atoms in total. The molecule has 0 aliphatic rings. The van der Waals surface area contributed by atoms with Crippen LogP contribution in [0.1, 0.15) is 59.9 Å². The second-order valence-electron chi connectivity index (χ2n) is 8.94. The lowest BCUT2D eigenvalue weighted by Crippen LogP contribution is -2.56. The van der Waals surface area contributed by atoms with E-state index >= 15 is 0 Å². The lowest BCUT2D eigenvalue weighted by Gasteiger charge is -2.28. The third-order valence-electron chi connectivity index (χ3n) is 4.31. The van der Waals surface area contributed by atoms with Gasteiger partial charge in [-0.15, -0.1) is 0 Å². The molecule has 0 aliphatic heterocycles. The topological polar surface area (TPSA) is 99.7 Å². The first-order chi connectivity index (χ1) is 14.0. The van der Waals surface area contributed by atoms with Crippen molar-refractivity contribution < 1.29 is 19.4 Å². The van der Waals surface area contributed by atoms with Gasteiger partial charge < -0.3 is 25.8 Å². The van der Waals surface area contributed by atoms with Gasteiger partial charge in [0.05, 0.1) is 6.10 Å². The summed E-state index contributed by atoms with van der Waals surface area (Å²) in [5, 5.41) is 19.4. The fourth-order valence-electron chi connectivity index (χ4n) is 3.06. The van der Waals surface area contributed by atoms with Crippen molar-refractivity contribution >= 4 is 12.0 Å². The molecule has 0 radical (unpaired) electrons. The molecule has 0 saturated heterocycles. The first-order valence-electron chi connectivity index (χ1n) is 10.8. The minimum Gasteiger partial charge on any atom is -0.444 e. The van der Waals surface area contributed by atoms with Crippen LogP contribution in [0.15, 0.2) is 30.3 Å². The van der Waals surface area contributed by atoms with E-state index in [1.54, 1.807) is 0 Å². The van der Waals surface area contributed by atoms with E-state index in [4.69, 9.17) is 4.74 Å². The molecule has 0 saturated carbocycles. The minimum atomic E-state index is -0.812. The van der Waals surface area contributed by atoms with Gasteiger partial charge in [-0.1, -0.05) is 43.7 Å². The minimum absolute atomic E-state index is 0.0318. The average Bonchev–Trinajstić information content (AvgIpc) is 2.60. The van der Waals surface area contributed by atoms with Crippen LogP contribution in [0, 0.1) is 0 Å². The molecule has 30 heavy (non-hydrogen) atoms. The Hall–Kier alpha value is -2.12. The number of alkyl carbamates (subject to hydrolysis) is 1. The highest BCUT2D eigenvalue weighted by atomic mass is 16.6. The highest BCUT2D eigenvalue weighted by molar-refractivity contribution is 5.82. The number of aliphatic hydroxyl groups is 1. The van der Waals surface area contributed by atoms with E-state index < -0.39 is 23.8 Å². The van der Waals surface area contributed by atoms with Crippen molar-refractivity contribution in [3.8, 4) is 0 Å². The SMILES string of the molecule is CCC[C@H](O)[C@H](NC[C@H](Cc1ccccc1)NC(=O)OC(C)(C)C)C(=O)NC(C)C. The third kappa shape index (κ3) is 10.6. The molecular weight excluding hydrogens is 382 g/mol. The molecule has 0 aromatic heterocycles. The number of carbonyl (C=O) groups excluding carboxylic acids is 2. The van der Waals surface area contributed by atoms with Gasteiger partial charge in [0.25, 0.3) is 0 Å². The zero-order valence-corrected chi connectivity index (χ0v) is 19.2. The summed E-state index contributed by atoms with van der Waals surface area (Å²) in [6, 6.07) is 8.68. The molecule has 2 amide bonds. The molecule has 170 valence electrons. The summed E-state index contributed by atoms with van der Waals surface area (Å²) >= 11 is 0. The number of carbonyl (C=O) groups is 2. The van der Waals surface area contributed by atoms with Crippen LogP contribution in [0.5, 0.6) is 0 Å². The van der Waals surface area contributed by atoms with E-state index in [2.05, 4.69) is 16.0 Å². The number of hydrogen-bond acceptors (Lipinski definition) is 5. The number of rotatable bonds is 11. The van der Waals surface area contributed by atoms with E-state index in [1.807, 2.05) is 71.9 Å². The summed E-state index contributed by atoms with van der Waals surface area (Å²) in [6.45, 7) is 11.5. The summed E-state index contributed by atoms with van der Waals surface area (Å²) in [5.74, 6) is -0.248. The number of ether oxygens (including phenoxy) is 1. The van der Waals surface area contributed by atoms with Crippen LogP contribution in [0.25, 0.3) is 0 Å². The van der Waals surface area contributed by atoms with E-state index in [-0.39, 0.29) is 18.0 Å². The molecule has 0 spiro atoms. The van der Waals surface area contributed by atoms with Crippen LogP contribution in [-0.2, 0) is 16.0 Å². The van der Waals surface area contributed by atoms with Crippen molar-refractivity contribution in [2.24, 2.45) is 0 Å². The Morgan fingerprint density at radius 1 is 1.10 bits per heavy atom. The van der Waals surface area contributed by atoms with Gasteiger partial charge in [0.2, 0.25) is 5.91 Å². The molecule has 1 aromatic carbocycles. The van der Waals surface area contributed by atoms with Crippen LogP contribution >= 0.6 is 0 Å². The van der Waals surface area contributed by atoms with E-state index in [0.717, 1.165) is 12.0 Å². The number of nitrogens with one attached hydrogen (secondary N) is 3. The fourth-order valence-corrected chi connectivity index (χ4v) is 3.06. The zero-order chi connectivity index (χ0) is 22.7. The Bertz CT molecular complexity index is 644. The van der Waals surface area contributed by atoms with Crippen LogP contribution in [0.3, 0.4) is 0 Å². The molecule has 1 aromatic rings. The number of amides is 2. The Morgan fingerprint density at radius 2 is 1.73 bits per heavy atom. The van der Waals surface area contributed by atoms with E-state index in [0.29, 0.717) is 19.4 Å². The van der Waals surface area contributed by atoms with Gasteiger partial charge in [0.15, 0.2) is 0 Å². The molecule has 0 aliphatic carbocycles. The van der Waals surface area contributed by atoms with Crippen LogP contribution in [0.4, 0.5) is 4.79 Å². The lowest BCUT2D eigenvalue weighted by atomic mass is 10.0. The van der Waals surface area contributed by atoms with E-state index in [1.165, 1.54) is 0 Å². The van der Waals surface area contributed by atoms with Crippen molar-refractivity contribution in [3.63, 3.8) is 0 Å². The summed E-state index contributed by atoms with van der Waals surface area (Å²) in [7, 11) is 0. The molecule has 1 rings (SSSR count). The monoisotopic (exact) mass is 421 g/mol. The number of aliphatic hydroxyl groups excluding tert-OH is 1. The van der Waals surface area contributed by atoms with Gasteiger partial charge in [0, 0.05) is 18.6 Å². The fraction of sp³-hybridized carbons (Fsp3) is 0.652. The normalized spacial score (nSPS) is 14.7. The van der Waals surface area contributed by atoms with Crippen molar-refractivity contribution in [2.45, 2.75) is 90.6 Å². The van der Waals surface area contributed by atoms with Crippen molar-refractivity contribution in [1.29, 1.82) is 0 Å². The van der Waals surface area contributed by atoms with Crippen molar-refractivity contribution in [1.82, 2.24) is 16.0 Å². The molecule has 0 bridgehead atoms. The summed E-state index contributed by atoms with van der Waals surface area (Å²) in [4.78, 5) is 24.9. The smallest absolute Gasteiger partial charge is 0.407 e. The number of benzene rings is 1. The predicted molar refractivity (Wildman–Crippen MR) is 119 cm³/mol. The van der Waals surface area contributed by atoms with Gasteiger partial charge in [-0.3, -0.25) is 4.79 Å². The van der Waals surface area contributed by atoms with Gasteiger partial charge in [0.1, 0.15) is 11.6 Å². The molecule has 4 N–H and O–H groups in total. The molecule has 3 atom stereocenters. The van der Waals surface area contributed by atoms with Crippen LogP contribution in [-0.4, -0.2) is 53.5 Å². The second kappa shape index (κ2) is 12.5. The number of hydrogen-bond donors (Lipinski definition) is 4. The van der Waals surface area contributed by atoms with Crippen molar-refractivity contribution in [3.05, 3.63) is 35.9 Å². The average molecular weight is 422 g/mol. The Morgan fingerprint density at radius 3 is 2.27 bits per heavy atom. The Labute approximate surface area is 181 Å². The first kappa shape index (κ1) is 25.9. The standard InChI is InChI=1S/C23H39N3O4/c1-7-11-19(27)20(21(28)25-16(2)3)24-15-18(14-17-12-9-8-10-13-17)26-22(29)30-23(4,5)6/h8-10,12-13,16,18-20,24,27H,7,11,14-15H2,1-6H3,(H,25,28)(H,26,29)/t18-,19-,20-/m0/s1. The Balaban J connectivity index is 2.89. The van der Waals surface area contributed by atoms with Gasteiger partial charge >= 0.3 is 6.09 Å². The third-order valence-corrected chi connectivity index (χ3v) is 4.31. The van der Waals surface area contributed by atoms with Crippen LogP contribution < -0.4 is 16.0 Å². The Kier molecular flexibility index (Phi) is 10.8. The molecule has 0 heterocycles. The molecular formula is C23H39N3O4. The van der Waals surface area contributed by atoms with Crippen molar-refractivity contribution in [2.75, 3.05) is 6.54 Å². The first-order valence-corrected chi connectivity index (χ1v) is 10.8. The van der Waals surface area contributed by atoms with Crippen LogP contribution in [0.2, 0.25) is 0 Å². The highest BCUT2D eigenvalue weighted by Crippen LogP contribution is 2.09. The molecule has 0 fully saturated rings. The molecule has 0 unspecified atom stereocenters. The van der Waals surface area contributed by atoms with Gasteiger partial charge in [-0.05, 0) is 53.0 Å². The zero-order valence-electron chi connectivity index (χ0n) is 19.2. The quantitative estimate of drug-likeness (QED) is 0.440. The second-order valence-corrected chi connectivity index (χ2v) is 8.94. The summed E-state index contributed by atoms with van der Waals surface area (Å²) in [5.41, 5.74) is 0.448. The predicted octanol–water partition coefficient (Wildman–Crippen LogP) is 2.77. The summed E-state index contributed by atoms with van der Waals surface area (Å²) in [6.07, 6.45) is 0.509.